The van der Waals surface area contributed by atoms with Crippen molar-refractivity contribution in [3.63, 3.8) is 0 Å². The fraction of sp³-hybridized carbons (Fsp3) is 0.250. The van der Waals surface area contributed by atoms with E-state index in [0.717, 1.165) is 17.7 Å². The molecule has 3 heteroatoms. The zero-order valence-corrected chi connectivity index (χ0v) is 12.0. The number of hydrogen-bond donors (Lipinski definition) is 1. The van der Waals surface area contributed by atoms with E-state index in [1.54, 1.807) is 0 Å². The molecule has 100 valence electrons. The Morgan fingerprint density at radius 3 is 2.32 bits per heavy atom. The number of nitrogens with two attached hydrogens (primary N) is 1. The van der Waals surface area contributed by atoms with Crippen LogP contribution in [0, 0.1) is 13.8 Å². The summed E-state index contributed by atoms with van der Waals surface area (Å²) in [4.78, 5) is 0. The number of hydrogen-bond acceptors (Lipinski definition) is 2. The summed E-state index contributed by atoms with van der Waals surface area (Å²) in [6.45, 7) is 4.71. The predicted molar refractivity (Wildman–Crippen MR) is 80.2 cm³/mol. The Balaban J connectivity index is 2.23. The van der Waals surface area contributed by atoms with Crippen LogP contribution in [0.4, 0.5) is 0 Å². The molecule has 0 saturated carbocycles. The van der Waals surface area contributed by atoms with Crippen molar-refractivity contribution >= 4 is 11.6 Å². The molecule has 2 rings (SSSR count). The summed E-state index contributed by atoms with van der Waals surface area (Å²) in [5.41, 5.74) is 9.00. The van der Waals surface area contributed by atoms with E-state index in [-0.39, 0.29) is 0 Å². The van der Waals surface area contributed by atoms with Gasteiger partial charge in [0.1, 0.15) is 11.5 Å². The van der Waals surface area contributed by atoms with E-state index in [2.05, 4.69) is 6.07 Å². The minimum absolute atomic E-state index is 0.616. The number of benzene rings is 2. The smallest absolute Gasteiger partial charge is 0.146 e. The van der Waals surface area contributed by atoms with Gasteiger partial charge in [-0.05, 0) is 67.8 Å². The number of rotatable bonds is 4. The van der Waals surface area contributed by atoms with Gasteiger partial charge in [0.25, 0.3) is 0 Å². The van der Waals surface area contributed by atoms with Gasteiger partial charge in [-0.25, -0.2) is 0 Å². The van der Waals surface area contributed by atoms with E-state index < -0.39 is 0 Å². The molecule has 2 aromatic carbocycles. The highest BCUT2D eigenvalue weighted by molar-refractivity contribution is 6.32. The molecule has 0 heterocycles. The zero-order valence-electron chi connectivity index (χ0n) is 11.2. The van der Waals surface area contributed by atoms with E-state index in [9.17, 15) is 0 Å². The topological polar surface area (TPSA) is 35.2 Å². The average Bonchev–Trinajstić information content (AvgIpc) is 2.32. The van der Waals surface area contributed by atoms with Crippen LogP contribution in [-0.2, 0) is 6.42 Å². The molecule has 0 aromatic heterocycles. The fourth-order valence-electron chi connectivity index (χ4n) is 2.07. The van der Waals surface area contributed by atoms with Gasteiger partial charge in [0, 0.05) is 0 Å². The van der Waals surface area contributed by atoms with Gasteiger partial charge in [0.05, 0.1) is 5.02 Å². The molecule has 19 heavy (non-hydrogen) atoms. The molecular weight excluding hydrogens is 258 g/mol. The van der Waals surface area contributed by atoms with Gasteiger partial charge in [0.2, 0.25) is 0 Å². The van der Waals surface area contributed by atoms with Crippen molar-refractivity contribution < 1.29 is 4.74 Å². The molecule has 0 unspecified atom stereocenters. The molecule has 2 aromatic rings. The maximum atomic E-state index is 6.23. The highest BCUT2D eigenvalue weighted by Gasteiger charge is 2.05. The quantitative estimate of drug-likeness (QED) is 0.905. The molecule has 0 aliphatic heterocycles. The van der Waals surface area contributed by atoms with Crippen LogP contribution in [0.25, 0.3) is 0 Å². The van der Waals surface area contributed by atoms with Gasteiger partial charge in [-0.2, -0.15) is 0 Å². The zero-order chi connectivity index (χ0) is 13.8. The second-order valence-electron chi connectivity index (χ2n) is 4.73. The molecular formula is C16H18ClNO. The average molecular weight is 276 g/mol. The number of ether oxygens (including phenoxy) is 1. The maximum absolute atomic E-state index is 6.23. The first-order valence-corrected chi connectivity index (χ1v) is 6.71. The third kappa shape index (κ3) is 3.72. The van der Waals surface area contributed by atoms with Crippen LogP contribution < -0.4 is 10.5 Å². The lowest BCUT2D eigenvalue weighted by Gasteiger charge is -2.10. The van der Waals surface area contributed by atoms with Crippen LogP contribution in [0.1, 0.15) is 16.7 Å². The molecule has 0 radical (unpaired) electrons. The predicted octanol–water partition coefficient (Wildman–Crippen LogP) is 4.25. The lowest BCUT2D eigenvalue weighted by atomic mass is 10.1. The molecule has 0 amide bonds. The molecule has 0 fully saturated rings. The molecule has 2 N–H and O–H groups in total. The first-order valence-electron chi connectivity index (χ1n) is 6.33. The van der Waals surface area contributed by atoms with Crippen LogP contribution in [0.2, 0.25) is 5.02 Å². The van der Waals surface area contributed by atoms with Crippen molar-refractivity contribution in [3.8, 4) is 11.5 Å². The first kappa shape index (κ1) is 13.9. The Labute approximate surface area is 119 Å². The molecule has 0 spiro atoms. The van der Waals surface area contributed by atoms with Crippen LogP contribution in [0.5, 0.6) is 11.5 Å². The van der Waals surface area contributed by atoms with Gasteiger partial charge in [-0.3, -0.25) is 0 Å². The van der Waals surface area contributed by atoms with Gasteiger partial charge < -0.3 is 10.5 Å². The summed E-state index contributed by atoms with van der Waals surface area (Å²) < 4.78 is 5.84. The standard InChI is InChI=1S/C16H18ClNO/c1-11-7-12(2)9-14(8-11)19-16-4-3-13(5-6-18)10-15(16)17/h3-4,7-10H,5-6,18H2,1-2H3. The van der Waals surface area contributed by atoms with Gasteiger partial charge in [0.15, 0.2) is 0 Å². The van der Waals surface area contributed by atoms with E-state index in [1.807, 2.05) is 44.2 Å². The lowest BCUT2D eigenvalue weighted by molar-refractivity contribution is 0.482. The fourth-order valence-corrected chi connectivity index (χ4v) is 2.31. The maximum Gasteiger partial charge on any atom is 0.146 e. The summed E-state index contributed by atoms with van der Waals surface area (Å²) >= 11 is 6.23. The van der Waals surface area contributed by atoms with Crippen LogP contribution >= 0.6 is 11.6 Å². The van der Waals surface area contributed by atoms with Crippen molar-refractivity contribution in [3.05, 3.63) is 58.1 Å². The summed E-state index contributed by atoms with van der Waals surface area (Å²) in [5.74, 6) is 1.48. The minimum atomic E-state index is 0.616. The number of aryl methyl sites for hydroxylation is 2. The summed E-state index contributed by atoms with van der Waals surface area (Å²) in [6.07, 6.45) is 0.823. The Morgan fingerprint density at radius 2 is 1.74 bits per heavy atom. The van der Waals surface area contributed by atoms with Gasteiger partial charge >= 0.3 is 0 Å². The van der Waals surface area contributed by atoms with E-state index in [4.69, 9.17) is 22.1 Å². The first-order chi connectivity index (χ1) is 9.08. The summed E-state index contributed by atoms with van der Waals surface area (Å²) in [6, 6.07) is 11.9. The summed E-state index contributed by atoms with van der Waals surface area (Å²) in [5, 5.41) is 0.616. The van der Waals surface area contributed by atoms with Crippen molar-refractivity contribution in [2.75, 3.05) is 6.54 Å². The van der Waals surface area contributed by atoms with Gasteiger partial charge in [-0.1, -0.05) is 23.7 Å². The van der Waals surface area contributed by atoms with Gasteiger partial charge in [-0.15, -0.1) is 0 Å². The molecule has 0 atom stereocenters. The van der Waals surface area contributed by atoms with Crippen molar-refractivity contribution in [2.45, 2.75) is 20.3 Å². The Hall–Kier alpha value is -1.51. The minimum Gasteiger partial charge on any atom is -0.456 e. The molecule has 0 aliphatic rings. The Bertz CT molecular complexity index is 561. The van der Waals surface area contributed by atoms with Crippen molar-refractivity contribution in [1.82, 2.24) is 0 Å². The number of halogens is 1. The highest BCUT2D eigenvalue weighted by atomic mass is 35.5. The highest BCUT2D eigenvalue weighted by Crippen LogP contribution is 2.31. The molecule has 2 nitrogen and oxygen atoms in total. The van der Waals surface area contributed by atoms with Crippen molar-refractivity contribution in [1.29, 1.82) is 0 Å². The largest absolute Gasteiger partial charge is 0.456 e. The Morgan fingerprint density at radius 1 is 1.05 bits per heavy atom. The van der Waals surface area contributed by atoms with Crippen LogP contribution in [-0.4, -0.2) is 6.54 Å². The monoisotopic (exact) mass is 275 g/mol. The van der Waals surface area contributed by atoms with Crippen LogP contribution in [0.15, 0.2) is 36.4 Å². The molecule has 0 saturated heterocycles. The molecule has 0 bridgehead atoms. The third-order valence-electron chi connectivity index (χ3n) is 2.85. The second kappa shape index (κ2) is 6.09. The SMILES string of the molecule is Cc1cc(C)cc(Oc2ccc(CCN)cc2Cl)c1. The summed E-state index contributed by atoms with van der Waals surface area (Å²) in [7, 11) is 0. The normalized spacial score (nSPS) is 10.5. The van der Waals surface area contributed by atoms with E-state index in [0.29, 0.717) is 17.3 Å². The van der Waals surface area contributed by atoms with E-state index >= 15 is 0 Å². The molecule has 0 aliphatic carbocycles. The Kier molecular flexibility index (Phi) is 4.46. The van der Waals surface area contributed by atoms with Crippen LogP contribution in [0.3, 0.4) is 0 Å². The lowest BCUT2D eigenvalue weighted by Crippen LogP contribution is -2.02. The van der Waals surface area contributed by atoms with E-state index in [1.165, 1.54) is 11.1 Å². The van der Waals surface area contributed by atoms with Crippen molar-refractivity contribution in [2.24, 2.45) is 5.73 Å². The third-order valence-corrected chi connectivity index (χ3v) is 3.15. The second-order valence-corrected chi connectivity index (χ2v) is 5.14.